The van der Waals surface area contributed by atoms with E-state index >= 15 is 0 Å². The van der Waals surface area contributed by atoms with Gasteiger partial charge in [0.25, 0.3) is 0 Å². The van der Waals surface area contributed by atoms with E-state index in [1.54, 1.807) is 17.9 Å². The lowest BCUT2D eigenvalue weighted by Crippen LogP contribution is -2.40. The highest BCUT2D eigenvalue weighted by Crippen LogP contribution is 2.17. The summed E-state index contributed by atoms with van der Waals surface area (Å²) in [5.41, 5.74) is 2.04. The van der Waals surface area contributed by atoms with Crippen molar-refractivity contribution in [2.75, 3.05) is 27.7 Å². The second-order valence-electron chi connectivity index (χ2n) is 5.80. The Hall–Kier alpha value is -1.60. The SMILES string of the molecule is CNC(C(=O)NCC(c1ccccc1)N(C)C)c1cnn(C)c1.Cl.Cl. The van der Waals surface area contributed by atoms with Crippen LogP contribution in [-0.2, 0) is 11.8 Å². The topological polar surface area (TPSA) is 62.2 Å². The molecule has 2 unspecified atom stereocenters. The molecule has 2 aromatic rings. The Bertz CT molecular complexity index is 633. The van der Waals surface area contributed by atoms with Crippen molar-refractivity contribution in [2.24, 2.45) is 7.05 Å². The van der Waals surface area contributed by atoms with E-state index < -0.39 is 6.04 Å². The van der Waals surface area contributed by atoms with Gasteiger partial charge < -0.3 is 15.5 Å². The molecule has 0 radical (unpaired) electrons. The Labute approximate surface area is 161 Å². The first-order valence-corrected chi connectivity index (χ1v) is 7.67. The molecule has 1 heterocycles. The van der Waals surface area contributed by atoms with Gasteiger partial charge in [0.1, 0.15) is 6.04 Å². The zero-order valence-corrected chi connectivity index (χ0v) is 16.6. The van der Waals surface area contributed by atoms with Gasteiger partial charge in [-0.15, -0.1) is 24.8 Å². The van der Waals surface area contributed by atoms with Gasteiger partial charge in [0, 0.05) is 25.4 Å². The predicted molar refractivity (Wildman–Crippen MR) is 105 cm³/mol. The lowest BCUT2D eigenvalue weighted by molar-refractivity contribution is -0.123. The number of likely N-dealkylation sites (N-methyl/N-ethyl adjacent to an activating group) is 2. The van der Waals surface area contributed by atoms with Gasteiger partial charge in [-0.2, -0.15) is 5.10 Å². The molecule has 1 aromatic heterocycles. The second kappa shape index (κ2) is 11.1. The van der Waals surface area contributed by atoms with Crippen molar-refractivity contribution in [1.29, 1.82) is 0 Å². The lowest BCUT2D eigenvalue weighted by Gasteiger charge is -2.26. The van der Waals surface area contributed by atoms with Crippen molar-refractivity contribution in [2.45, 2.75) is 12.1 Å². The van der Waals surface area contributed by atoms with E-state index in [0.717, 1.165) is 5.56 Å². The minimum Gasteiger partial charge on any atom is -0.353 e. The number of aryl methyl sites for hydroxylation is 1. The molecule has 0 aliphatic rings. The molecule has 0 spiro atoms. The van der Waals surface area contributed by atoms with Gasteiger partial charge in [0.15, 0.2) is 0 Å². The molecule has 1 amide bonds. The van der Waals surface area contributed by atoms with Crippen LogP contribution in [0.25, 0.3) is 0 Å². The van der Waals surface area contributed by atoms with Crippen LogP contribution >= 0.6 is 24.8 Å². The van der Waals surface area contributed by atoms with Crippen molar-refractivity contribution in [3.05, 3.63) is 53.9 Å². The van der Waals surface area contributed by atoms with Crippen molar-refractivity contribution < 1.29 is 4.79 Å². The van der Waals surface area contributed by atoms with Gasteiger partial charge in [-0.1, -0.05) is 30.3 Å². The van der Waals surface area contributed by atoms with Crippen LogP contribution in [0, 0.1) is 0 Å². The lowest BCUT2D eigenvalue weighted by atomic mass is 10.1. The number of carbonyl (C=O) groups excluding carboxylic acids is 1. The summed E-state index contributed by atoms with van der Waals surface area (Å²) < 4.78 is 1.69. The summed E-state index contributed by atoms with van der Waals surface area (Å²) in [6.07, 6.45) is 3.56. The standard InChI is InChI=1S/C17H25N5O.2ClH/c1-18-16(14-10-20-22(4)12-14)17(23)19-11-15(21(2)3)13-8-6-5-7-9-13;;/h5-10,12,15-16,18H,11H2,1-4H3,(H,19,23);2*1H. The molecule has 2 atom stereocenters. The van der Waals surface area contributed by atoms with E-state index in [1.165, 1.54) is 5.56 Å². The fourth-order valence-corrected chi connectivity index (χ4v) is 2.61. The summed E-state index contributed by atoms with van der Waals surface area (Å²) >= 11 is 0. The number of amides is 1. The third-order valence-electron chi connectivity index (χ3n) is 3.89. The van der Waals surface area contributed by atoms with E-state index in [4.69, 9.17) is 0 Å². The number of hydrogen-bond acceptors (Lipinski definition) is 4. The van der Waals surface area contributed by atoms with Crippen molar-refractivity contribution in [1.82, 2.24) is 25.3 Å². The largest absolute Gasteiger partial charge is 0.353 e. The average Bonchev–Trinajstić information content (AvgIpc) is 2.95. The molecule has 0 bridgehead atoms. The van der Waals surface area contributed by atoms with Gasteiger partial charge in [0.2, 0.25) is 5.91 Å². The van der Waals surface area contributed by atoms with E-state index in [-0.39, 0.29) is 36.8 Å². The van der Waals surface area contributed by atoms with Crippen LogP contribution in [-0.4, -0.2) is 48.3 Å². The molecule has 0 saturated heterocycles. The number of aromatic nitrogens is 2. The maximum Gasteiger partial charge on any atom is 0.241 e. The molecule has 0 saturated carbocycles. The molecule has 6 nitrogen and oxygen atoms in total. The predicted octanol–water partition coefficient (Wildman–Crippen LogP) is 1.94. The monoisotopic (exact) mass is 387 g/mol. The van der Waals surface area contributed by atoms with Gasteiger partial charge >= 0.3 is 0 Å². The van der Waals surface area contributed by atoms with Crippen molar-refractivity contribution >= 4 is 30.7 Å². The molecule has 140 valence electrons. The van der Waals surface area contributed by atoms with Crippen LogP contribution in [0.1, 0.15) is 23.2 Å². The normalized spacial score (nSPS) is 12.7. The number of benzene rings is 1. The van der Waals surface area contributed by atoms with Gasteiger partial charge in [-0.05, 0) is 26.7 Å². The number of carbonyl (C=O) groups is 1. The van der Waals surface area contributed by atoms with Gasteiger partial charge in [0.05, 0.1) is 12.2 Å². The number of hydrogen-bond donors (Lipinski definition) is 2. The van der Waals surface area contributed by atoms with Crippen LogP contribution in [0.4, 0.5) is 0 Å². The van der Waals surface area contributed by atoms with E-state index in [2.05, 4.69) is 32.8 Å². The first-order valence-electron chi connectivity index (χ1n) is 7.67. The minimum atomic E-state index is -0.401. The average molecular weight is 388 g/mol. The van der Waals surface area contributed by atoms with E-state index in [1.807, 2.05) is 45.5 Å². The number of rotatable bonds is 7. The molecule has 8 heteroatoms. The van der Waals surface area contributed by atoms with E-state index in [9.17, 15) is 4.79 Å². The Morgan fingerprint density at radius 3 is 2.32 bits per heavy atom. The van der Waals surface area contributed by atoms with Crippen molar-refractivity contribution in [3.63, 3.8) is 0 Å². The highest BCUT2D eigenvalue weighted by molar-refractivity contribution is 5.85. The van der Waals surface area contributed by atoms with E-state index in [0.29, 0.717) is 6.54 Å². The maximum absolute atomic E-state index is 12.5. The van der Waals surface area contributed by atoms with Crippen LogP contribution in [0.15, 0.2) is 42.7 Å². The molecular weight excluding hydrogens is 361 g/mol. The quantitative estimate of drug-likeness (QED) is 0.761. The summed E-state index contributed by atoms with van der Waals surface area (Å²) in [6, 6.07) is 9.91. The Kier molecular flexibility index (Phi) is 10.4. The first kappa shape index (κ1) is 23.4. The Morgan fingerprint density at radius 2 is 1.84 bits per heavy atom. The fourth-order valence-electron chi connectivity index (χ4n) is 2.61. The van der Waals surface area contributed by atoms with Gasteiger partial charge in [-0.3, -0.25) is 9.48 Å². The highest BCUT2D eigenvalue weighted by Gasteiger charge is 2.22. The third kappa shape index (κ3) is 6.32. The third-order valence-corrected chi connectivity index (χ3v) is 3.89. The number of nitrogens with zero attached hydrogens (tertiary/aromatic N) is 3. The molecule has 1 aromatic carbocycles. The second-order valence-corrected chi connectivity index (χ2v) is 5.80. The molecule has 25 heavy (non-hydrogen) atoms. The minimum absolute atomic E-state index is 0. The van der Waals surface area contributed by atoms with Crippen LogP contribution in [0.2, 0.25) is 0 Å². The zero-order valence-electron chi connectivity index (χ0n) is 15.0. The summed E-state index contributed by atoms with van der Waals surface area (Å²) in [7, 11) is 7.64. The zero-order chi connectivity index (χ0) is 16.8. The van der Waals surface area contributed by atoms with Crippen molar-refractivity contribution in [3.8, 4) is 0 Å². The molecular formula is C17H27Cl2N5O. The fraction of sp³-hybridized carbons (Fsp3) is 0.412. The number of halogens is 2. The molecule has 0 fully saturated rings. The summed E-state index contributed by atoms with van der Waals surface area (Å²) in [4.78, 5) is 14.6. The molecule has 2 rings (SSSR count). The molecule has 0 aliphatic heterocycles. The maximum atomic E-state index is 12.5. The Balaban J connectivity index is 0.00000288. The molecule has 2 N–H and O–H groups in total. The summed E-state index contributed by atoms with van der Waals surface area (Å²) in [6.45, 7) is 0.550. The molecule has 0 aliphatic carbocycles. The smallest absolute Gasteiger partial charge is 0.241 e. The van der Waals surface area contributed by atoms with Crippen LogP contribution < -0.4 is 10.6 Å². The van der Waals surface area contributed by atoms with Crippen LogP contribution in [0.5, 0.6) is 0 Å². The van der Waals surface area contributed by atoms with Gasteiger partial charge in [-0.25, -0.2) is 0 Å². The van der Waals surface area contributed by atoms with Crippen LogP contribution in [0.3, 0.4) is 0 Å². The summed E-state index contributed by atoms with van der Waals surface area (Å²) in [5, 5.41) is 10.2. The summed E-state index contributed by atoms with van der Waals surface area (Å²) in [5.74, 6) is -0.0525. The highest BCUT2D eigenvalue weighted by atomic mass is 35.5. The Morgan fingerprint density at radius 1 is 1.20 bits per heavy atom. The number of nitrogens with one attached hydrogen (secondary N) is 2. The first-order chi connectivity index (χ1) is 11.0.